The summed E-state index contributed by atoms with van der Waals surface area (Å²) >= 11 is 0. The van der Waals surface area contributed by atoms with Gasteiger partial charge < -0.3 is 0 Å². The molecule has 0 saturated carbocycles. The highest BCUT2D eigenvalue weighted by Gasteiger charge is 2.10. The molecule has 16 heavy (non-hydrogen) atoms. The first kappa shape index (κ1) is 13.2. The maximum Gasteiger partial charge on any atom is 0.0812 e. The lowest BCUT2D eigenvalue weighted by Gasteiger charge is -2.20. The Labute approximate surface area is 99.0 Å². The van der Waals surface area contributed by atoms with Gasteiger partial charge in [0.15, 0.2) is 0 Å². The Morgan fingerprint density at radius 1 is 1.19 bits per heavy atom. The van der Waals surface area contributed by atoms with Gasteiger partial charge in [-0.3, -0.25) is 4.84 Å². The third-order valence-corrected chi connectivity index (χ3v) is 2.43. The molecule has 0 spiro atoms. The van der Waals surface area contributed by atoms with Crippen molar-refractivity contribution >= 4 is 0 Å². The summed E-state index contributed by atoms with van der Waals surface area (Å²) in [5.74, 6) is 0.567. The molecule has 0 fully saturated rings. The molecule has 2 heteroatoms. The van der Waals surface area contributed by atoms with E-state index in [1.165, 1.54) is 5.56 Å². The van der Waals surface area contributed by atoms with Crippen molar-refractivity contribution in [2.75, 3.05) is 6.54 Å². The molecule has 1 rings (SSSR count). The molecular weight excluding hydrogens is 198 g/mol. The SMILES string of the molecule is CC(CCNOC(C)(C)C)c1ccccc1. The Kier molecular flexibility index (Phi) is 4.97. The van der Waals surface area contributed by atoms with E-state index in [1.54, 1.807) is 0 Å². The van der Waals surface area contributed by atoms with Crippen LogP contribution in [-0.4, -0.2) is 12.1 Å². The first-order valence-electron chi connectivity index (χ1n) is 5.95. The molecule has 0 aliphatic heterocycles. The van der Waals surface area contributed by atoms with Crippen LogP contribution in [0.1, 0.15) is 45.6 Å². The topological polar surface area (TPSA) is 21.3 Å². The van der Waals surface area contributed by atoms with Crippen LogP contribution in [0.2, 0.25) is 0 Å². The average Bonchev–Trinajstić information content (AvgIpc) is 2.24. The van der Waals surface area contributed by atoms with Crippen LogP contribution in [-0.2, 0) is 4.84 Å². The van der Waals surface area contributed by atoms with Gasteiger partial charge in [0, 0.05) is 6.54 Å². The zero-order valence-electron chi connectivity index (χ0n) is 10.8. The molecule has 1 aromatic carbocycles. The Hall–Kier alpha value is -0.860. The molecule has 0 aliphatic rings. The number of hydrogen-bond donors (Lipinski definition) is 1. The van der Waals surface area contributed by atoms with Crippen LogP contribution in [0, 0.1) is 0 Å². The predicted octanol–water partition coefficient (Wildman–Crippen LogP) is 3.50. The van der Waals surface area contributed by atoms with Crippen molar-refractivity contribution in [2.45, 2.75) is 45.6 Å². The van der Waals surface area contributed by atoms with Crippen LogP contribution in [0.3, 0.4) is 0 Å². The highest BCUT2D eigenvalue weighted by atomic mass is 16.7. The average molecular weight is 221 g/mol. The van der Waals surface area contributed by atoms with E-state index in [1.807, 2.05) is 20.8 Å². The monoisotopic (exact) mass is 221 g/mol. The normalized spacial score (nSPS) is 13.8. The lowest BCUT2D eigenvalue weighted by molar-refractivity contribution is -0.0728. The zero-order valence-corrected chi connectivity index (χ0v) is 10.8. The van der Waals surface area contributed by atoms with Gasteiger partial charge in [0.25, 0.3) is 0 Å². The lowest BCUT2D eigenvalue weighted by Crippen LogP contribution is -2.30. The zero-order chi connectivity index (χ0) is 12.0. The summed E-state index contributed by atoms with van der Waals surface area (Å²) in [6, 6.07) is 10.6. The van der Waals surface area contributed by atoms with Crippen LogP contribution >= 0.6 is 0 Å². The van der Waals surface area contributed by atoms with Crippen molar-refractivity contribution in [1.29, 1.82) is 0 Å². The Morgan fingerprint density at radius 3 is 2.38 bits per heavy atom. The molecule has 0 aromatic heterocycles. The van der Waals surface area contributed by atoms with E-state index in [0.29, 0.717) is 5.92 Å². The van der Waals surface area contributed by atoms with Crippen molar-refractivity contribution in [3.05, 3.63) is 35.9 Å². The van der Waals surface area contributed by atoms with E-state index in [-0.39, 0.29) is 5.60 Å². The minimum absolute atomic E-state index is 0.115. The number of nitrogens with one attached hydrogen (secondary N) is 1. The second-order valence-corrected chi connectivity index (χ2v) is 5.21. The van der Waals surface area contributed by atoms with Crippen molar-refractivity contribution in [1.82, 2.24) is 5.48 Å². The van der Waals surface area contributed by atoms with Crippen molar-refractivity contribution in [2.24, 2.45) is 0 Å². The summed E-state index contributed by atoms with van der Waals surface area (Å²) in [5, 5.41) is 0. The minimum Gasteiger partial charge on any atom is -0.296 e. The minimum atomic E-state index is -0.115. The maximum atomic E-state index is 5.47. The van der Waals surface area contributed by atoms with Gasteiger partial charge in [-0.1, -0.05) is 37.3 Å². The second-order valence-electron chi connectivity index (χ2n) is 5.21. The largest absolute Gasteiger partial charge is 0.296 e. The Bertz CT molecular complexity index is 289. The first-order chi connectivity index (χ1) is 7.49. The fourth-order valence-electron chi connectivity index (χ4n) is 1.49. The molecule has 1 N–H and O–H groups in total. The Balaban J connectivity index is 2.24. The van der Waals surface area contributed by atoms with Gasteiger partial charge in [-0.15, -0.1) is 0 Å². The third kappa shape index (κ3) is 5.29. The first-order valence-corrected chi connectivity index (χ1v) is 5.95. The standard InChI is InChI=1S/C14H23NO/c1-12(13-8-6-5-7-9-13)10-11-15-16-14(2,3)4/h5-9,12,15H,10-11H2,1-4H3. The summed E-state index contributed by atoms with van der Waals surface area (Å²) in [7, 11) is 0. The summed E-state index contributed by atoms with van der Waals surface area (Å²) in [5.41, 5.74) is 4.30. The molecule has 0 radical (unpaired) electrons. The van der Waals surface area contributed by atoms with Crippen LogP contribution in [0.25, 0.3) is 0 Å². The molecule has 0 saturated heterocycles. The summed E-state index contributed by atoms with van der Waals surface area (Å²) in [6.07, 6.45) is 1.08. The number of hydroxylamine groups is 1. The van der Waals surface area contributed by atoms with Crippen LogP contribution < -0.4 is 5.48 Å². The van der Waals surface area contributed by atoms with Crippen LogP contribution in [0.4, 0.5) is 0 Å². The van der Waals surface area contributed by atoms with Gasteiger partial charge in [-0.2, -0.15) is 0 Å². The van der Waals surface area contributed by atoms with Gasteiger partial charge in [-0.05, 0) is 38.7 Å². The summed E-state index contributed by atoms with van der Waals surface area (Å²) in [4.78, 5) is 5.47. The predicted molar refractivity (Wildman–Crippen MR) is 68.3 cm³/mol. The number of rotatable bonds is 5. The molecule has 2 nitrogen and oxygen atoms in total. The molecule has 1 atom stereocenters. The molecule has 90 valence electrons. The van der Waals surface area contributed by atoms with E-state index < -0.39 is 0 Å². The highest BCUT2D eigenvalue weighted by molar-refractivity contribution is 5.18. The molecule has 0 amide bonds. The lowest BCUT2D eigenvalue weighted by atomic mass is 9.98. The molecule has 1 aromatic rings. The molecule has 0 heterocycles. The molecule has 0 bridgehead atoms. The van der Waals surface area contributed by atoms with Crippen LogP contribution in [0.5, 0.6) is 0 Å². The van der Waals surface area contributed by atoms with E-state index in [4.69, 9.17) is 4.84 Å². The Morgan fingerprint density at radius 2 is 1.81 bits per heavy atom. The van der Waals surface area contributed by atoms with Gasteiger partial charge in [-0.25, -0.2) is 5.48 Å². The van der Waals surface area contributed by atoms with Crippen LogP contribution in [0.15, 0.2) is 30.3 Å². The van der Waals surface area contributed by atoms with Gasteiger partial charge in [0.1, 0.15) is 0 Å². The van der Waals surface area contributed by atoms with Gasteiger partial charge in [0.05, 0.1) is 5.60 Å². The van der Waals surface area contributed by atoms with Crippen molar-refractivity contribution < 1.29 is 4.84 Å². The molecule has 0 aliphatic carbocycles. The third-order valence-electron chi connectivity index (χ3n) is 2.43. The number of hydrogen-bond acceptors (Lipinski definition) is 2. The second kappa shape index (κ2) is 6.02. The fraction of sp³-hybridized carbons (Fsp3) is 0.571. The van der Waals surface area contributed by atoms with Gasteiger partial charge in [0.2, 0.25) is 0 Å². The summed E-state index contributed by atoms with van der Waals surface area (Å²) < 4.78 is 0. The van der Waals surface area contributed by atoms with E-state index in [0.717, 1.165) is 13.0 Å². The summed E-state index contributed by atoms with van der Waals surface area (Å²) in [6.45, 7) is 9.25. The molecular formula is C14H23NO. The maximum absolute atomic E-state index is 5.47. The fourth-order valence-corrected chi connectivity index (χ4v) is 1.49. The highest BCUT2D eigenvalue weighted by Crippen LogP contribution is 2.17. The van der Waals surface area contributed by atoms with Crippen molar-refractivity contribution in [3.63, 3.8) is 0 Å². The smallest absolute Gasteiger partial charge is 0.0812 e. The van der Waals surface area contributed by atoms with E-state index >= 15 is 0 Å². The quantitative estimate of drug-likeness (QED) is 0.607. The number of benzene rings is 1. The van der Waals surface area contributed by atoms with Gasteiger partial charge >= 0.3 is 0 Å². The van der Waals surface area contributed by atoms with Crippen molar-refractivity contribution in [3.8, 4) is 0 Å². The molecule has 1 unspecified atom stereocenters. The van der Waals surface area contributed by atoms with E-state index in [2.05, 4.69) is 42.7 Å². The van der Waals surface area contributed by atoms with E-state index in [9.17, 15) is 0 Å².